The lowest BCUT2D eigenvalue weighted by Crippen LogP contribution is -2.03. The molecule has 0 aliphatic rings. The van der Waals surface area contributed by atoms with Crippen LogP contribution in [-0.4, -0.2) is 21.8 Å². The fourth-order valence-corrected chi connectivity index (χ4v) is 2.93. The summed E-state index contributed by atoms with van der Waals surface area (Å²) in [5.41, 5.74) is 1.60. The van der Waals surface area contributed by atoms with Crippen LogP contribution < -0.4 is 4.74 Å². The van der Waals surface area contributed by atoms with Crippen LogP contribution in [0, 0.1) is 12.3 Å². The molecular formula is C20H15N3O. The largest absolute Gasteiger partial charge is 0.462 e. The first-order valence-corrected chi connectivity index (χ1v) is 7.88. The van der Waals surface area contributed by atoms with E-state index in [0.29, 0.717) is 19.0 Å². The Morgan fingerprint density at radius 1 is 0.833 bits per heavy atom. The lowest BCUT2D eigenvalue weighted by atomic mass is 10.00. The monoisotopic (exact) mass is 313 g/mol. The molecule has 4 nitrogen and oxygen atoms in total. The first kappa shape index (κ1) is 14.4. The fraction of sp³-hybridized carbons (Fsp3) is 0.150. The van der Waals surface area contributed by atoms with E-state index in [1.807, 2.05) is 30.3 Å². The van der Waals surface area contributed by atoms with Gasteiger partial charge < -0.3 is 4.74 Å². The topological polar surface area (TPSA) is 47.9 Å². The molecule has 4 aromatic rings. The zero-order chi connectivity index (χ0) is 16.4. The summed E-state index contributed by atoms with van der Waals surface area (Å²) in [5, 5.41) is 12.9. The Labute approximate surface area is 139 Å². The number of fused-ring (bicyclic) bond motifs is 6. The van der Waals surface area contributed by atoms with Gasteiger partial charge in [-0.25, -0.2) is 0 Å². The number of nitrogens with zero attached hydrogens (tertiary/aromatic N) is 3. The second-order valence-corrected chi connectivity index (χ2v) is 5.54. The molecule has 0 atom stereocenters. The minimum Gasteiger partial charge on any atom is -0.462 e. The van der Waals surface area contributed by atoms with E-state index >= 15 is 0 Å². The van der Waals surface area contributed by atoms with Gasteiger partial charge >= 0.3 is 6.01 Å². The van der Waals surface area contributed by atoms with Crippen LogP contribution >= 0.6 is 0 Å². The van der Waals surface area contributed by atoms with Crippen molar-refractivity contribution in [2.45, 2.75) is 12.8 Å². The van der Waals surface area contributed by atoms with Gasteiger partial charge in [0.15, 0.2) is 0 Å². The Kier molecular flexibility index (Phi) is 3.68. The summed E-state index contributed by atoms with van der Waals surface area (Å²) in [5.74, 6) is 2.59. The van der Waals surface area contributed by atoms with E-state index in [-0.39, 0.29) is 0 Å². The zero-order valence-electron chi connectivity index (χ0n) is 13.1. The number of unbranched alkanes of at least 4 members (excludes halogenated alkanes) is 1. The minimum atomic E-state index is 0.292. The Morgan fingerprint density at radius 3 is 2.12 bits per heavy atom. The van der Waals surface area contributed by atoms with E-state index in [4.69, 9.17) is 11.2 Å². The van der Waals surface area contributed by atoms with Gasteiger partial charge in [-0.15, -0.1) is 17.4 Å². The molecule has 1 aromatic heterocycles. The summed E-state index contributed by atoms with van der Waals surface area (Å²) in [6.07, 6.45) is 6.70. The fourth-order valence-electron chi connectivity index (χ4n) is 2.93. The molecule has 4 heteroatoms. The molecule has 0 aliphatic heterocycles. The second-order valence-electron chi connectivity index (χ2n) is 5.54. The molecule has 0 aliphatic carbocycles. The van der Waals surface area contributed by atoms with Crippen LogP contribution in [0.15, 0.2) is 48.5 Å². The predicted molar refractivity (Wildman–Crippen MR) is 95.9 cm³/mol. The van der Waals surface area contributed by atoms with Crippen LogP contribution in [0.3, 0.4) is 0 Å². The second kappa shape index (κ2) is 6.13. The van der Waals surface area contributed by atoms with Crippen LogP contribution in [0.2, 0.25) is 0 Å². The quantitative estimate of drug-likeness (QED) is 0.323. The molecule has 4 rings (SSSR count). The van der Waals surface area contributed by atoms with Crippen LogP contribution in [0.5, 0.6) is 6.01 Å². The van der Waals surface area contributed by atoms with Crippen LogP contribution in [0.4, 0.5) is 0 Å². The summed E-state index contributed by atoms with van der Waals surface area (Å²) in [6, 6.07) is 16.7. The Morgan fingerprint density at radius 2 is 1.46 bits per heavy atom. The third-order valence-corrected chi connectivity index (χ3v) is 4.02. The normalized spacial score (nSPS) is 11.0. The van der Waals surface area contributed by atoms with Gasteiger partial charge in [-0.1, -0.05) is 53.6 Å². The highest BCUT2D eigenvalue weighted by Crippen LogP contribution is 2.32. The summed E-state index contributed by atoms with van der Waals surface area (Å²) < 4.78 is 5.60. The van der Waals surface area contributed by atoms with Crippen molar-refractivity contribution in [3.63, 3.8) is 0 Å². The summed E-state index contributed by atoms with van der Waals surface area (Å²) >= 11 is 0. The lowest BCUT2D eigenvalue weighted by molar-refractivity contribution is 0.286. The van der Waals surface area contributed by atoms with Crippen LogP contribution in [0.1, 0.15) is 12.8 Å². The summed E-state index contributed by atoms with van der Waals surface area (Å²) in [4.78, 5) is 4.60. The van der Waals surface area contributed by atoms with Crippen LogP contribution in [0.25, 0.3) is 32.6 Å². The van der Waals surface area contributed by atoms with Crippen molar-refractivity contribution in [2.75, 3.05) is 6.61 Å². The van der Waals surface area contributed by atoms with Gasteiger partial charge in [-0.05, 0) is 17.2 Å². The highest BCUT2D eigenvalue weighted by Gasteiger charge is 2.12. The number of rotatable bonds is 4. The van der Waals surface area contributed by atoms with Gasteiger partial charge in [0.2, 0.25) is 0 Å². The average molecular weight is 313 g/mol. The summed E-state index contributed by atoms with van der Waals surface area (Å²) in [7, 11) is 0. The number of terminal acetylenes is 1. The molecule has 116 valence electrons. The predicted octanol–water partition coefficient (Wildman–Crippen LogP) is 4.12. The molecule has 0 bridgehead atoms. The van der Waals surface area contributed by atoms with E-state index in [0.717, 1.165) is 39.0 Å². The molecule has 0 radical (unpaired) electrons. The van der Waals surface area contributed by atoms with Gasteiger partial charge in [0.25, 0.3) is 0 Å². The maximum absolute atomic E-state index is 5.60. The molecule has 1 heterocycles. The first-order valence-electron chi connectivity index (χ1n) is 7.88. The number of hydrogen-bond acceptors (Lipinski definition) is 4. The molecular weight excluding hydrogens is 298 g/mol. The average Bonchev–Trinajstić information content (AvgIpc) is 2.65. The smallest absolute Gasteiger partial charge is 0.336 e. The number of hydrogen-bond donors (Lipinski definition) is 0. The van der Waals surface area contributed by atoms with Crippen molar-refractivity contribution >= 4 is 32.6 Å². The molecule has 3 aromatic carbocycles. The minimum absolute atomic E-state index is 0.292. The molecule has 24 heavy (non-hydrogen) atoms. The number of ether oxygens (including phenoxy) is 1. The van der Waals surface area contributed by atoms with Gasteiger partial charge in [0, 0.05) is 17.2 Å². The third kappa shape index (κ3) is 2.40. The van der Waals surface area contributed by atoms with Crippen molar-refractivity contribution in [3.05, 3.63) is 48.5 Å². The molecule has 0 unspecified atom stereocenters. The van der Waals surface area contributed by atoms with E-state index < -0.39 is 0 Å². The van der Waals surface area contributed by atoms with Crippen molar-refractivity contribution in [3.8, 4) is 18.4 Å². The maximum atomic E-state index is 5.60. The molecule has 0 amide bonds. The highest BCUT2D eigenvalue weighted by atomic mass is 16.5. The molecule has 0 fully saturated rings. The first-order chi connectivity index (χ1) is 11.9. The standard InChI is InChI=1S/C20H15N3O/c1-2-3-8-13-24-20-21-18-16-11-6-4-9-14(16)15-10-5-7-12-17(15)19(18)22-23-20/h1,4-7,9-12H,3,8,13H2. The van der Waals surface area contributed by atoms with E-state index in [2.05, 4.69) is 39.3 Å². The SMILES string of the molecule is C#CCCCOc1nnc2c3ccccc3c3ccccc3c2n1. The third-order valence-electron chi connectivity index (χ3n) is 4.02. The zero-order valence-corrected chi connectivity index (χ0v) is 13.1. The Hall–Kier alpha value is -3.19. The van der Waals surface area contributed by atoms with Gasteiger partial charge in [0.05, 0.1) is 6.61 Å². The van der Waals surface area contributed by atoms with Gasteiger partial charge in [0.1, 0.15) is 11.0 Å². The Bertz CT molecular complexity index is 1050. The molecule has 0 spiro atoms. The summed E-state index contributed by atoms with van der Waals surface area (Å²) in [6.45, 7) is 0.489. The molecule has 0 saturated carbocycles. The maximum Gasteiger partial charge on any atom is 0.336 e. The molecule has 0 N–H and O–H groups in total. The highest BCUT2D eigenvalue weighted by molar-refractivity contribution is 6.22. The lowest BCUT2D eigenvalue weighted by Gasteiger charge is -2.09. The van der Waals surface area contributed by atoms with Crippen molar-refractivity contribution in [1.29, 1.82) is 0 Å². The van der Waals surface area contributed by atoms with Crippen molar-refractivity contribution in [1.82, 2.24) is 15.2 Å². The van der Waals surface area contributed by atoms with Gasteiger partial charge in [-0.3, -0.25) is 0 Å². The Balaban J connectivity index is 1.91. The van der Waals surface area contributed by atoms with Gasteiger partial charge in [-0.2, -0.15) is 4.98 Å². The number of benzene rings is 3. The number of aromatic nitrogens is 3. The van der Waals surface area contributed by atoms with Crippen LogP contribution in [-0.2, 0) is 0 Å². The van der Waals surface area contributed by atoms with E-state index in [1.54, 1.807) is 0 Å². The van der Waals surface area contributed by atoms with Crippen molar-refractivity contribution < 1.29 is 4.74 Å². The molecule has 0 saturated heterocycles. The van der Waals surface area contributed by atoms with E-state index in [9.17, 15) is 0 Å². The van der Waals surface area contributed by atoms with E-state index in [1.165, 1.54) is 0 Å². The van der Waals surface area contributed by atoms with Crippen molar-refractivity contribution in [2.24, 2.45) is 0 Å².